The summed E-state index contributed by atoms with van der Waals surface area (Å²) in [5.41, 5.74) is 5.64. The lowest BCUT2D eigenvalue weighted by molar-refractivity contribution is -0.884. The number of halogens is 1. The highest BCUT2D eigenvalue weighted by Crippen LogP contribution is 2.24. The average Bonchev–Trinajstić information content (AvgIpc) is 2.82. The summed E-state index contributed by atoms with van der Waals surface area (Å²) in [5, 5.41) is 0. The van der Waals surface area contributed by atoms with Gasteiger partial charge in [-0.2, -0.15) is 0 Å². The molecule has 25 heavy (non-hydrogen) atoms. The molecule has 134 valence electrons. The number of imidazole rings is 1. The maximum atomic E-state index is 6.10. The smallest absolute Gasteiger partial charge is 0.180 e. The molecule has 4 nitrogen and oxygen atoms in total. The van der Waals surface area contributed by atoms with E-state index in [9.17, 15) is 0 Å². The monoisotopic (exact) mass is 451 g/mol. The Balaban J connectivity index is 0.00000225. The number of benzene rings is 1. The quantitative estimate of drug-likeness (QED) is 0.423. The van der Waals surface area contributed by atoms with Gasteiger partial charge in [0.1, 0.15) is 18.8 Å². The molecule has 0 N–H and O–H groups in total. The molecule has 3 rings (SSSR count). The first-order valence-electron chi connectivity index (χ1n) is 8.29. The standard InChI is InChI=1S/C20H26N3O.HI/c1-15-9-6-7-10-17(15)14-24-19-11-8-12-22-18(13-23(3,4)5)16(2)21-20(19)22;/h6-12H,13-14H2,1-5H3;1H/q+1;/p-1. The van der Waals surface area contributed by atoms with Crippen molar-refractivity contribution in [2.75, 3.05) is 21.1 Å². The third-order valence-corrected chi connectivity index (χ3v) is 4.18. The fourth-order valence-corrected chi connectivity index (χ4v) is 2.88. The molecule has 0 radical (unpaired) electrons. The second-order valence-corrected chi connectivity index (χ2v) is 7.37. The van der Waals surface area contributed by atoms with Gasteiger partial charge in [-0.3, -0.25) is 4.40 Å². The molecule has 0 bridgehead atoms. The lowest BCUT2D eigenvalue weighted by Gasteiger charge is -2.23. The Morgan fingerprint density at radius 2 is 1.76 bits per heavy atom. The number of ether oxygens (including phenoxy) is 1. The van der Waals surface area contributed by atoms with Crippen LogP contribution < -0.4 is 28.7 Å². The van der Waals surface area contributed by atoms with E-state index in [4.69, 9.17) is 9.72 Å². The van der Waals surface area contributed by atoms with Crippen molar-refractivity contribution in [2.45, 2.75) is 27.0 Å². The summed E-state index contributed by atoms with van der Waals surface area (Å²) in [6, 6.07) is 12.3. The van der Waals surface area contributed by atoms with Crippen LogP contribution in [0.1, 0.15) is 22.5 Å². The van der Waals surface area contributed by atoms with E-state index in [1.165, 1.54) is 16.8 Å². The van der Waals surface area contributed by atoms with Crippen LogP contribution in [-0.4, -0.2) is 35.0 Å². The Bertz CT molecular complexity index is 865. The predicted molar refractivity (Wildman–Crippen MR) is 97.2 cm³/mol. The summed E-state index contributed by atoms with van der Waals surface area (Å²) in [6.07, 6.45) is 2.07. The zero-order valence-corrected chi connectivity index (χ0v) is 17.7. The molecular weight excluding hydrogens is 425 g/mol. The van der Waals surface area contributed by atoms with Crippen LogP contribution in [0.3, 0.4) is 0 Å². The maximum Gasteiger partial charge on any atom is 0.180 e. The third-order valence-electron chi connectivity index (χ3n) is 4.18. The van der Waals surface area contributed by atoms with Gasteiger partial charge in [-0.05, 0) is 37.1 Å². The largest absolute Gasteiger partial charge is 1.00 e. The number of pyridine rings is 1. The summed E-state index contributed by atoms with van der Waals surface area (Å²) in [5.74, 6) is 0.830. The number of quaternary nitrogens is 1. The molecule has 0 amide bonds. The molecule has 0 atom stereocenters. The predicted octanol–water partition coefficient (Wildman–Crippen LogP) is 0.740. The highest BCUT2D eigenvalue weighted by Gasteiger charge is 2.18. The van der Waals surface area contributed by atoms with Crippen LogP contribution >= 0.6 is 0 Å². The van der Waals surface area contributed by atoms with Crippen LogP contribution in [0.25, 0.3) is 5.65 Å². The van der Waals surface area contributed by atoms with Crippen molar-refractivity contribution < 1.29 is 33.2 Å². The van der Waals surface area contributed by atoms with E-state index in [-0.39, 0.29) is 24.0 Å². The van der Waals surface area contributed by atoms with Gasteiger partial charge in [-0.15, -0.1) is 0 Å². The van der Waals surface area contributed by atoms with Gasteiger partial charge in [0.2, 0.25) is 0 Å². The van der Waals surface area contributed by atoms with Gasteiger partial charge in [0, 0.05) is 6.20 Å². The van der Waals surface area contributed by atoms with Gasteiger partial charge in [-0.25, -0.2) is 4.98 Å². The van der Waals surface area contributed by atoms with Gasteiger partial charge in [-0.1, -0.05) is 24.3 Å². The molecule has 1 aromatic carbocycles. The van der Waals surface area contributed by atoms with Crippen molar-refractivity contribution in [1.82, 2.24) is 9.38 Å². The number of fused-ring (bicyclic) bond motifs is 1. The van der Waals surface area contributed by atoms with E-state index in [0.29, 0.717) is 6.61 Å². The Hall–Kier alpha value is -1.60. The zero-order chi connectivity index (χ0) is 17.3. The first kappa shape index (κ1) is 19.7. The number of nitrogens with zero attached hydrogens (tertiary/aromatic N) is 3. The molecule has 0 aliphatic rings. The van der Waals surface area contributed by atoms with E-state index >= 15 is 0 Å². The van der Waals surface area contributed by atoms with Crippen LogP contribution in [0.5, 0.6) is 5.75 Å². The maximum absolute atomic E-state index is 6.10. The van der Waals surface area contributed by atoms with Gasteiger partial charge < -0.3 is 33.2 Å². The summed E-state index contributed by atoms with van der Waals surface area (Å²) in [7, 11) is 6.58. The van der Waals surface area contributed by atoms with Crippen molar-refractivity contribution in [3.8, 4) is 5.75 Å². The minimum Gasteiger partial charge on any atom is -1.00 e. The number of hydrogen-bond acceptors (Lipinski definition) is 2. The Labute approximate surface area is 167 Å². The van der Waals surface area contributed by atoms with Crippen molar-refractivity contribution in [3.05, 3.63) is 65.1 Å². The summed E-state index contributed by atoms with van der Waals surface area (Å²) in [4.78, 5) is 4.76. The van der Waals surface area contributed by atoms with E-state index < -0.39 is 0 Å². The molecule has 0 saturated heterocycles. The lowest BCUT2D eigenvalue weighted by atomic mass is 10.1. The Kier molecular flexibility index (Phi) is 6.11. The van der Waals surface area contributed by atoms with E-state index in [1.807, 2.05) is 18.2 Å². The highest BCUT2D eigenvalue weighted by atomic mass is 127. The normalized spacial score (nSPS) is 11.4. The minimum atomic E-state index is 0. The topological polar surface area (TPSA) is 26.5 Å². The van der Waals surface area contributed by atoms with E-state index in [1.54, 1.807) is 0 Å². The second kappa shape index (κ2) is 7.74. The summed E-state index contributed by atoms with van der Waals surface area (Å²) >= 11 is 0. The molecule has 3 aromatic rings. The van der Waals surface area contributed by atoms with Crippen LogP contribution in [0.2, 0.25) is 0 Å². The van der Waals surface area contributed by atoms with Crippen LogP contribution in [0.15, 0.2) is 42.6 Å². The third kappa shape index (κ3) is 4.52. The lowest BCUT2D eigenvalue weighted by Crippen LogP contribution is -3.00. The van der Waals surface area contributed by atoms with E-state index in [2.05, 4.69) is 63.8 Å². The molecule has 0 fully saturated rings. The number of aromatic nitrogens is 2. The van der Waals surface area contributed by atoms with Crippen molar-refractivity contribution in [1.29, 1.82) is 0 Å². The molecule has 2 aromatic heterocycles. The number of aryl methyl sites for hydroxylation is 2. The molecule has 5 heteroatoms. The van der Waals surface area contributed by atoms with Gasteiger partial charge in [0.15, 0.2) is 11.4 Å². The van der Waals surface area contributed by atoms with Crippen molar-refractivity contribution in [2.24, 2.45) is 0 Å². The Morgan fingerprint density at radius 3 is 2.44 bits per heavy atom. The molecule has 0 unspecified atom stereocenters. The first-order valence-corrected chi connectivity index (χ1v) is 8.29. The fraction of sp³-hybridized carbons (Fsp3) is 0.350. The van der Waals surface area contributed by atoms with Crippen LogP contribution in [0, 0.1) is 13.8 Å². The first-order chi connectivity index (χ1) is 11.3. The van der Waals surface area contributed by atoms with Crippen molar-refractivity contribution >= 4 is 5.65 Å². The van der Waals surface area contributed by atoms with Gasteiger partial charge in [0.25, 0.3) is 0 Å². The molecule has 0 saturated carbocycles. The molecule has 2 heterocycles. The minimum absolute atomic E-state index is 0. The molecule has 0 spiro atoms. The molecular formula is C20H26IN3O. The van der Waals surface area contributed by atoms with Gasteiger partial charge >= 0.3 is 0 Å². The van der Waals surface area contributed by atoms with Crippen LogP contribution in [0.4, 0.5) is 0 Å². The summed E-state index contributed by atoms with van der Waals surface area (Å²) in [6.45, 7) is 5.67. The van der Waals surface area contributed by atoms with Crippen molar-refractivity contribution in [3.63, 3.8) is 0 Å². The highest BCUT2D eigenvalue weighted by molar-refractivity contribution is 5.56. The van der Waals surface area contributed by atoms with Gasteiger partial charge in [0.05, 0.1) is 26.8 Å². The molecule has 0 aliphatic heterocycles. The average molecular weight is 451 g/mol. The fourth-order valence-electron chi connectivity index (χ4n) is 2.88. The number of rotatable bonds is 5. The number of hydrogen-bond donors (Lipinski definition) is 0. The SMILES string of the molecule is Cc1ccccc1COc1cccn2c(C[N+](C)(C)C)c(C)nc12.[I-]. The van der Waals surface area contributed by atoms with E-state index in [0.717, 1.165) is 28.1 Å². The second-order valence-electron chi connectivity index (χ2n) is 7.37. The molecule has 0 aliphatic carbocycles. The summed E-state index contributed by atoms with van der Waals surface area (Å²) < 4.78 is 9.12. The Morgan fingerprint density at radius 1 is 1.04 bits per heavy atom. The zero-order valence-electron chi connectivity index (χ0n) is 15.6. The van der Waals surface area contributed by atoms with Crippen LogP contribution in [-0.2, 0) is 13.2 Å².